The summed E-state index contributed by atoms with van der Waals surface area (Å²) in [5.74, 6) is -1.17. The number of rotatable bonds is 10. The van der Waals surface area contributed by atoms with Crippen LogP contribution in [0.15, 0.2) is 30.3 Å². The zero-order valence-electron chi connectivity index (χ0n) is 14.3. The van der Waals surface area contributed by atoms with Crippen LogP contribution in [0.2, 0.25) is 0 Å². The molecule has 6 heteroatoms. The minimum absolute atomic E-state index is 0.104. The van der Waals surface area contributed by atoms with Crippen molar-refractivity contribution in [2.24, 2.45) is 5.92 Å². The molecule has 1 atom stereocenters. The topological polar surface area (TPSA) is 84.5 Å². The molecule has 0 fully saturated rings. The van der Waals surface area contributed by atoms with Gasteiger partial charge in [0, 0.05) is 25.9 Å². The first kappa shape index (κ1) is 19.7. The average molecular weight is 334 g/mol. The fourth-order valence-electron chi connectivity index (χ4n) is 2.24. The van der Waals surface area contributed by atoms with Crippen molar-refractivity contribution >= 4 is 17.8 Å². The largest absolute Gasteiger partial charge is 0.466 e. The zero-order valence-corrected chi connectivity index (χ0v) is 14.3. The second-order valence-corrected chi connectivity index (χ2v) is 5.40. The van der Waals surface area contributed by atoms with Gasteiger partial charge in [-0.1, -0.05) is 30.3 Å². The highest BCUT2D eigenvalue weighted by Crippen LogP contribution is 2.10. The van der Waals surface area contributed by atoms with Crippen molar-refractivity contribution < 1.29 is 19.1 Å². The summed E-state index contributed by atoms with van der Waals surface area (Å²) in [5.41, 5.74) is 1.01. The van der Waals surface area contributed by atoms with E-state index in [-0.39, 0.29) is 37.2 Å². The van der Waals surface area contributed by atoms with E-state index >= 15 is 0 Å². The van der Waals surface area contributed by atoms with E-state index in [0.29, 0.717) is 19.6 Å². The van der Waals surface area contributed by atoms with Crippen molar-refractivity contribution in [1.82, 2.24) is 10.6 Å². The Balaban J connectivity index is 2.51. The molecule has 1 aromatic rings. The molecule has 2 amide bonds. The molecule has 1 rings (SSSR count). The number of esters is 1. The van der Waals surface area contributed by atoms with Crippen LogP contribution in [0.4, 0.5) is 0 Å². The summed E-state index contributed by atoms with van der Waals surface area (Å²) in [4.78, 5) is 35.3. The van der Waals surface area contributed by atoms with Crippen LogP contribution in [0.5, 0.6) is 0 Å². The smallest absolute Gasteiger partial charge is 0.311 e. The molecule has 0 aliphatic heterocycles. The zero-order chi connectivity index (χ0) is 17.8. The number of benzene rings is 1. The quantitative estimate of drug-likeness (QED) is 0.634. The molecule has 0 aliphatic rings. The van der Waals surface area contributed by atoms with Gasteiger partial charge in [0.2, 0.25) is 11.8 Å². The molecular weight excluding hydrogens is 308 g/mol. The van der Waals surface area contributed by atoms with E-state index in [9.17, 15) is 14.4 Å². The van der Waals surface area contributed by atoms with E-state index < -0.39 is 5.92 Å². The van der Waals surface area contributed by atoms with Gasteiger partial charge in [-0.3, -0.25) is 14.4 Å². The first-order valence-electron chi connectivity index (χ1n) is 8.30. The molecule has 0 saturated heterocycles. The third-order valence-electron chi connectivity index (χ3n) is 3.44. The molecule has 0 spiro atoms. The lowest BCUT2D eigenvalue weighted by atomic mass is 9.99. The average Bonchev–Trinajstić information content (AvgIpc) is 2.58. The number of hydrogen-bond acceptors (Lipinski definition) is 4. The highest BCUT2D eigenvalue weighted by molar-refractivity contribution is 5.84. The minimum Gasteiger partial charge on any atom is -0.466 e. The molecule has 132 valence electrons. The Bertz CT molecular complexity index is 531. The maximum atomic E-state index is 12.1. The Morgan fingerprint density at radius 1 is 1.00 bits per heavy atom. The molecule has 0 saturated carbocycles. The van der Waals surface area contributed by atoms with E-state index in [0.717, 1.165) is 5.56 Å². The van der Waals surface area contributed by atoms with Crippen LogP contribution in [0.25, 0.3) is 0 Å². The molecule has 1 aromatic carbocycles. The number of hydrogen-bond donors (Lipinski definition) is 2. The van der Waals surface area contributed by atoms with E-state index in [1.54, 1.807) is 6.92 Å². The Hall–Kier alpha value is -2.37. The van der Waals surface area contributed by atoms with Gasteiger partial charge in [-0.2, -0.15) is 0 Å². The summed E-state index contributed by atoms with van der Waals surface area (Å²) in [5, 5.41) is 5.36. The summed E-state index contributed by atoms with van der Waals surface area (Å²) in [7, 11) is 0. The van der Waals surface area contributed by atoms with Gasteiger partial charge >= 0.3 is 5.97 Å². The third kappa shape index (κ3) is 7.76. The minimum atomic E-state index is -0.444. The number of carbonyl (C=O) groups excluding carboxylic acids is 3. The van der Waals surface area contributed by atoms with Gasteiger partial charge in [0.25, 0.3) is 0 Å². The van der Waals surface area contributed by atoms with Crippen molar-refractivity contribution in [3.8, 4) is 0 Å². The van der Waals surface area contributed by atoms with Crippen LogP contribution >= 0.6 is 0 Å². The van der Waals surface area contributed by atoms with Crippen molar-refractivity contribution in [2.45, 2.75) is 33.1 Å². The van der Waals surface area contributed by atoms with Gasteiger partial charge in [0.1, 0.15) is 0 Å². The SMILES string of the molecule is CCNC(=O)CCC(=O)NCC(Cc1ccccc1)C(=O)OCC. The van der Waals surface area contributed by atoms with Crippen molar-refractivity contribution in [3.05, 3.63) is 35.9 Å². The second-order valence-electron chi connectivity index (χ2n) is 5.40. The van der Waals surface area contributed by atoms with Gasteiger partial charge in [-0.25, -0.2) is 0 Å². The molecule has 0 aliphatic carbocycles. The Kier molecular flexibility index (Phi) is 9.19. The highest BCUT2D eigenvalue weighted by atomic mass is 16.5. The fourth-order valence-corrected chi connectivity index (χ4v) is 2.24. The maximum absolute atomic E-state index is 12.1. The summed E-state index contributed by atoms with van der Waals surface area (Å²) >= 11 is 0. The lowest BCUT2D eigenvalue weighted by Crippen LogP contribution is -2.35. The van der Waals surface area contributed by atoms with Crippen LogP contribution in [0, 0.1) is 5.92 Å². The van der Waals surface area contributed by atoms with Gasteiger partial charge < -0.3 is 15.4 Å². The second kappa shape index (κ2) is 11.2. The number of amides is 2. The molecule has 2 N–H and O–H groups in total. The van der Waals surface area contributed by atoms with Gasteiger partial charge in [-0.05, 0) is 25.8 Å². The van der Waals surface area contributed by atoms with E-state index in [2.05, 4.69) is 10.6 Å². The van der Waals surface area contributed by atoms with Crippen LogP contribution < -0.4 is 10.6 Å². The van der Waals surface area contributed by atoms with Crippen LogP contribution in [-0.4, -0.2) is 37.5 Å². The molecule has 0 radical (unpaired) electrons. The third-order valence-corrected chi connectivity index (χ3v) is 3.44. The van der Waals surface area contributed by atoms with Gasteiger partial charge in [0.05, 0.1) is 12.5 Å². The van der Waals surface area contributed by atoms with Crippen molar-refractivity contribution in [2.75, 3.05) is 19.7 Å². The van der Waals surface area contributed by atoms with Crippen LogP contribution in [-0.2, 0) is 25.5 Å². The lowest BCUT2D eigenvalue weighted by molar-refractivity contribution is -0.148. The van der Waals surface area contributed by atoms with E-state index in [1.165, 1.54) is 0 Å². The fraction of sp³-hybridized carbons (Fsp3) is 0.500. The summed E-state index contributed by atoms with van der Waals surface area (Å²) < 4.78 is 5.08. The Morgan fingerprint density at radius 2 is 1.62 bits per heavy atom. The highest BCUT2D eigenvalue weighted by Gasteiger charge is 2.21. The van der Waals surface area contributed by atoms with Crippen molar-refractivity contribution in [3.63, 3.8) is 0 Å². The molecule has 6 nitrogen and oxygen atoms in total. The molecule has 0 heterocycles. The number of nitrogens with one attached hydrogen (secondary N) is 2. The summed E-state index contributed by atoms with van der Waals surface area (Å²) in [6, 6.07) is 9.59. The van der Waals surface area contributed by atoms with Gasteiger partial charge in [-0.15, -0.1) is 0 Å². The molecular formula is C18H26N2O4. The first-order valence-corrected chi connectivity index (χ1v) is 8.30. The maximum Gasteiger partial charge on any atom is 0.311 e. The summed E-state index contributed by atoms with van der Waals surface area (Å²) in [6.07, 6.45) is 0.741. The van der Waals surface area contributed by atoms with Gasteiger partial charge in [0.15, 0.2) is 0 Å². The standard InChI is InChI=1S/C18H26N2O4/c1-3-19-16(21)10-11-17(22)20-13-15(18(23)24-4-2)12-14-8-6-5-7-9-14/h5-9,15H,3-4,10-13H2,1-2H3,(H,19,21)(H,20,22). The van der Waals surface area contributed by atoms with Crippen molar-refractivity contribution in [1.29, 1.82) is 0 Å². The predicted molar refractivity (Wildman–Crippen MR) is 91.2 cm³/mol. The molecule has 0 aromatic heterocycles. The monoisotopic (exact) mass is 334 g/mol. The number of ether oxygens (including phenoxy) is 1. The summed E-state index contributed by atoms with van der Waals surface area (Å²) in [6.45, 7) is 4.62. The Morgan fingerprint density at radius 3 is 2.21 bits per heavy atom. The first-order chi connectivity index (χ1) is 11.6. The number of carbonyl (C=O) groups is 3. The lowest BCUT2D eigenvalue weighted by Gasteiger charge is -2.16. The normalized spacial score (nSPS) is 11.4. The molecule has 24 heavy (non-hydrogen) atoms. The molecule has 1 unspecified atom stereocenters. The Labute approximate surface area is 143 Å². The molecule has 0 bridgehead atoms. The van der Waals surface area contributed by atoms with E-state index in [4.69, 9.17) is 4.74 Å². The van der Waals surface area contributed by atoms with Crippen LogP contribution in [0.3, 0.4) is 0 Å². The predicted octanol–water partition coefficient (Wildman–Crippen LogP) is 1.44. The van der Waals surface area contributed by atoms with Crippen LogP contribution in [0.1, 0.15) is 32.3 Å². The van der Waals surface area contributed by atoms with E-state index in [1.807, 2.05) is 37.3 Å².